The smallest absolute Gasteiger partial charge is 0.325 e. The third-order valence-corrected chi connectivity index (χ3v) is 9.40. The number of carbonyl (C=O) groups excluding carboxylic acids is 1. The Bertz CT molecular complexity index is 1280. The molecule has 6 nitrogen and oxygen atoms in total. The third kappa shape index (κ3) is 6.08. The summed E-state index contributed by atoms with van der Waals surface area (Å²) in [7, 11) is 0. The highest BCUT2D eigenvalue weighted by Gasteiger charge is 2.29. The van der Waals surface area contributed by atoms with Crippen molar-refractivity contribution >= 4 is 63.8 Å². The van der Waals surface area contributed by atoms with Crippen LogP contribution in [0.3, 0.4) is 0 Å². The van der Waals surface area contributed by atoms with Crippen molar-refractivity contribution in [1.82, 2.24) is 19.8 Å². The Hall–Kier alpha value is -2.27. The normalized spacial score (nSPS) is 17.5. The fourth-order valence-electron chi connectivity index (χ4n) is 4.82. The van der Waals surface area contributed by atoms with Crippen LogP contribution in [0.5, 0.6) is 0 Å². The van der Waals surface area contributed by atoms with Gasteiger partial charge in [-0.25, -0.2) is 13.6 Å². The highest BCUT2D eigenvalue weighted by Crippen LogP contribution is 2.38. The Morgan fingerprint density at radius 2 is 1.95 bits per heavy atom. The van der Waals surface area contributed by atoms with Crippen LogP contribution in [-0.4, -0.2) is 35.4 Å². The number of aryl methyl sites for hydroxylation is 1. The molecular formula is C25H25Cl2F2N5OS2. The van der Waals surface area contributed by atoms with Gasteiger partial charge in [0, 0.05) is 24.4 Å². The van der Waals surface area contributed by atoms with E-state index < -0.39 is 6.03 Å². The monoisotopic (exact) mass is 583 g/mol. The van der Waals surface area contributed by atoms with E-state index in [1.165, 1.54) is 23.5 Å². The summed E-state index contributed by atoms with van der Waals surface area (Å²) in [6.45, 7) is 1.42. The van der Waals surface area contributed by atoms with Gasteiger partial charge < -0.3 is 10.2 Å². The summed E-state index contributed by atoms with van der Waals surface area (Å²) in [5.74, 6) is -0.597. The van der Waals surface area contributed by atoms with Crippen LogP contribution in [0.25, 0.3) is 5.57 Å². The molecule has 0 saturated carbocycles. The first-order valence-electron chi connectivity index (χ1n) is 12.0. The standard InChI is InChI=1S/C25H25Cl2F2N5OS2/c26-20-12-22(36-24(20)27)37-32-25(35)30-14-21(29)19-3-1-2-15-13-31-34(23(15)19)18-8-10-33(11-9-18)17-6-4-16(28)5-7-17/h4-7,12-13,18H,1-3,8-11,14H2,(H2,30,32,35)/b21-19-. The van der Waals surface area contributed by atoms with Crippen molar-refractivity contribution in [1.29, 1.82) is 0 Å². The number of allylic oxidation sites excluding steroid dienone is 1. The molecule has 1 fully saturated rings. The minimum absolute atomic E-state index is 0.151. The molecule has 37 heavy (non-hydrogen) atoms. The zero-order valence-electron chi connectivity index (χ0n) is 19.8. The van der Waals surface area contributed by atoms with Crippen molar-refractivity contribution in [2.24, 2.45) is 0 Å². The van der Waals surface area contributed by atoms with Crippen LogP contribution < -0.4 is 14.9 Å². The van der Waals surface area contributed by atoms with Crippen molar-refractivity contribution in [3.63, 3.8) is 0 Å². The number of nitrogens with zero attached hydrogens (tertiary/aromatic N) is 3. The number of halogens is 4. The predicted octanol–water partition coefficient (Wildman–Crippen LogP) is 7.26. The van der Waals surface area contributed by atoms with E-state index in [9.17, 15) is 9.18 Å². The van der Waals surface area contributed by atoms with Crippen molar-refractivity contribution in [2.45, 2.75) is 42.4 Å². The number of nitrogens with one attached hydrogen (secondary N) is 2. The van der Waals surface area contributed by atoms with Gasteiger partial charge in [0.05, 0.1) is 33.7 Å². The summed E-state index contributed by atoms with van der Waals surface area (Å²) in [4.78, 5) is 14.5. The van der Waals surface area contributed by atoms with Crippen molar-refractivity contribution < 1.29 is 13.6 Å². The van der Waals surface area contributed by atoms with Crippen molar-refractivity contribution in [3.05, 3.63) is 68.8 Å². The van der Waals surface area contributed by atoms with Crippen molar-refractivity contribution in [3.8, 4) is 0 Å². The van der Waals surface area contributed by atoms with E-state index in [1.807, 2.05) is 10.9 Å². The molecule has 1 aliphatic carbocycles. The molecule has 2 N–H and O–H groups in total. The number of rotatable bonds is 6. The van der Waals surface area contributed by atoms with E-state index >= 15 is 4.39 Å². The van der Waals surface area contributed by atoms with Gasteiger partial charge in [-0.15, -0.1) is 11.3 Å². The number of aromatic nitrogens is 2. The fraction of sp³-hybridized carbons (Fsp3) is 0.360. The van der Waals surface area contributed by atoms with Crippen LogP contribution >= 0.6 is 46.5 Å². The lowest BCUT2D eigenvalue weighted by Gasteiger charge is -2.35. The van der Waals surface area contributed by atoms with E-state index in [1.54, 1.807) is 18.2 Å². The molecule has 0 spiro atoms. The molecule has 1 aromatic carbocycles. The topological polar surface area (TPSA) is 62.2 Å². The van der Waals surface area contributed by atoms with E-state index in [2.05, 4.69) is 20.0 Å². The van der Waals surface area contributed by atoms with Gasteiger partial charge >= 0.3 is 6.03 Å². The van der Waals surface area contributed by atoms with Crippen LogP contribution in [0, 0.1) is 5.82 Å². The number of thiophene rings is 1. The van der Waals surface area contributed by atoms with Crippen LogP contribution in [0.1, 0.15) is 43.0 Å². The maximum atomic E-state index is 15.4. The maximum absolute atomic E-state index is 15.4. The van der Waals surface area contributed by atoms with Crippen LogP contribution in [0.15, 0.2) is 46.6 Å². The van der Waals surface area contributed by atoms with Gasteiger partial charge in [0.25, 0.3) is 0 Å². The number of urea groups is 1. The minimum Gasteiger partial charge on any atom is -0.371 e. The molecule has 3 heterocycles. The highest BCUT2D eigenvalue weighted by atomic mass is 35.5. The third-order valence-electron chi connectivity index (χ3n) is 6.63. The van der Waals surface area contributed by atoms with Crippen LogP contribution in [0.2, 0.25) is 9.36 Å². The number of hydrogen-bond acceptors (Lipinski definition) is 5. The highest BCUT2D eigenvalue weighted by molar-refractivity contribution is 7.99. The van der Waals surface area contributed by atoms with Crippen LogP contribution in [0.4, 0.5) is 19.3 Å². The first-order valence-corrected chi connectivity index (χ1v) is 14.4. The van der Waals surface area contributed by atoms with E-state index in [-0.39, 0.29) is 24.2 Å². The molecule has 5 rings (SSSR count). The van der Waals surface area contributed by atoms with Crippen molar-refractivity contribution in [2.75, 3.05) is 24.5 Å². The van der Waals surface area contributed by atoms with Gasteiger partial charge in [0.1, 0.15) is 16.0 Å². The van der Waals surface area contributed by atoms with Crippen LogP contribution in [-0.2, 0) is 6.42 Å². The lowest BCUT2D eigenvalue weighted by atomic mass is 9.91. The molecule has 1 aliphatic heterocycles. The summed E-state index contributed by atoms with van der Waals surface area (Å²) in [5, 5.41) is 7.68. The second-order valence-corrected chi connectivity index (χ2v) is 12.1. The number of amides is 2. The Morgan fingerprint density at radius 3 is 2.65 bits per heavy atom. The predicted molar refractivity (Wildman–Crippen MR) is 147 cm³/mol. The molecule has 2 aliphatic rings. The fourth-order valence-corrected chi connectivity index (χ4v) is 7.11. The molecule has 0 unspecified atom stereocenters. The van der Waals surface area contributed by atoms with Gasteiger partial charge in [0.15, 0.2) is 0 Å². The zero-order valence-corrected chi connectivity index (χ0v) is 22.9. The molecule has 196 valence electrons. The molecule has 2 amide bonds. The summed E-state index contributed by atoms with van der Waals surface area (Å²) in [6.07, 6.45) is 5.86. The molecular weight excluding hydrogens is 559 g/mol. The lowest BCUT2D eigenvalue weighted by Crippen LogP contribution is -2.35. The number of hydrogen-bond donors (Lipinski definition) is 2. The van der Waals surface area contributed by atoms with E-state index in [4.69, 9.17) is 23.2 Å². The molecule has 12 heteroatoms. The SMILES string of the molecule is O=C(NC/C(F)=C1\CCCc2cnn(C3CCN(c4ccc(F)cc4)CC3)c21)NSc1cc(Cl)c(Cl)s1. The minimum atomic E-state index is -0.501. The van der Waals surface area contributed by atoms with Gasteiger partial charge in [-0.1, -0.05) is 23.2 Å². The first-order chi connectivity index (χ1) is 17.9. The molecule has 0 bridgehead atoms. The van der Waals surface area contributed by atoms with Gasteiger partial charge in [-0.2, -0.15) is 5.10 Å². The second-order valence-electron chi connectivity index (χ2n) is 8.97. The number of piperidine rings is 1. The Labute approximate surface area is 232 Å². The number of benzene rings is 1. The van der Waals surface area contributed by atoms with E-state index in [0.717, 1.165) is 71.9 Å². The average molecular weight is 585 g/mol. The summed E-state index contributed by atoms with van der Waals surface area (Å²) in [5.41, 5.74) is 3.51. The Kier molecular flexibility index (Phi) is 8.28. The summed E-state index contributed by atoms with van der Waals surface area (Å²) in [6, 6.07) is 7.87. The number of carbonyl (C=O) groups is 1. The molecule has 3 aromatic rings. The number of anilines is 1. The first kappa shape index (κ1) is 26.3. The second kappa shape index (κ2) is 11.6. The summed E-state index contributed by atoms with van der Waals surface area (Å²) >= 11 is 14.2. The maximum Gasteiger partial charge on any atom is 0.325 e. The van der Waals surface area contributed by atoms with E-state index in [0.29, 0.717) is 21.4 Å². The molecule has 2 aromatic heterocycles. The molecule has 0 radical (unpaired) electrons. The summed E-state index contributed by atoms with van der Waals surface area (Å²) < 4.78 is 34.5. The average Bonchev–Trinajstić information content (AvgIpc) is 3.49. The van der Waals surface area contributed by atoms with Gasteiger partial charge in [-0.3, -0.25) is 9.40 Å². The van der Waals surface area contributed by atoms with Gasteiger partial charge in [0.2, 0.25) is 0 Å². The Morgan fingerprint density at radius 1 is 1.19 bits per heavy atom. The van der Waals surface area contributed by atoms with Gasteiger partial charge in [-0.05, 0) is 79.9 Å². The molecule has 1 saturated heterocycles. The number of fused-ring (bicyclic) bond motifs is 1. The molecule has 0 atom stereocenters. The zero-order chi connectivity index (χ0) is 25.9. The Balaban J connectivity index is 1.23. The lowest BCUT2D eigenvalue weighted by molar-refractivity contribution is 0.246. The quantitative estimate of drug-likeness (QED) is 0.300. The largest absolute Gasteiger partial charge is 0.371 e.